The van der Waals surface area contributed by atoms with Crippen LogP contribution in [0.25, 0.3) is 28.1 Å². The van der Waals surface area contributed by atoms with Crippen molar-refractivity contribution in [1.29, 1.82) is 0 Å². The van der Waals surface area contributed by atoms with E-state index >= 15 is 0 Å². The van der Waals surface area contributed by atoms with Gasteiger partial charge in [-0.1, -0.05) is 35.9 Å². The summed E-state index contributed by atoms with van der Waals surface area (Å²) in [6, 6.07) is 20.5. The summed E-state index contributed by atoms with van der Waals surface area (Å²) in [7, 11) is -3.34. The van der Waals surface area contributed by atoms with E-state index in [9.17, 15) is 17.6 Å². The van der Waals surface area contributed by atoms with Crippen LogP contribution >= 0.6 is 11.6 Å². The molecule has 1 N–H and O–H groups in total. The number of imidazole rings is 1. The Morgan fingerprint density at radius 3 is 2.42 bits per heavy atom. The zero-order valence-electron chi connectivity index (χ0n) is 22.6. The quantitative estimate of drug-likeness (QED) is 0.258. The molecule has 6 rings (SSSR count). The van der Waals surface area contributed by atoms with E-state index in [1.54, 1.807) is 65.5 Å². The van der Waals surface area contributed by atoms with Crippen molar-refractivity contribution in [2.24, 2.45) is 0 Å². The lowest BCUT2D eigenvalue weighted by Gasteiger charge is -2.19. The number of hydrogen-bond acceptors (Lipinski definition) is 7. The molecule has 0 aliphatic heterocycles. The summed E-state index contributed by atoms with van der Waals surface area (Å²) in [5.41, 5.74) is 3.79. The van der Waals surface area contributed by atoms with Crippen LogP contribution in [0.15, 0.2) is 107 Å². The largest absolute Gasteiger partial charge is 0.340 e. The van der Waals surface area contributed by atoms with E-state index in [1.165, 1.54) is 41.3 Å². The number of sulfone groups is 1. The number of aromatic amines is 1. The van der Waals surface area contributed by atoms with Crippen molar-refractivity contribution < 1.29 is 12.8 Å². The van der Waals surface area contributed by atoms with Crippen LogP contribution in [0.5, 0.6) is 0 Å². The molecular formula is C30H23ClFN7O3S. The van der Waals surface area contributed by atoms with Gasteiger partial charge in [-0.25, -0.2) is 17.8 Å². The smallest absolute Gasteiger partial charge is 0.251 e. The fourth-order valence-electron chi connectivity index (χ4n) is 4.83. The Balaban J connectivity index is 1.40. The Kier molecular flexibility index (Phi) is 7.46. The Morgan fingerprint density at radius 1 is 0.977 bits per heavy atom. The number of aromatic nitrogens is 7. The van der Waals surface area contributed by atoms with E-state index in [0.29, 0.717) is 39.8 Å². The highest BCUT2D eigenvalue weighted by Gasteiger charge is 2.21. The van der Waals surface area contributed by atoms with Gasteiger partial charge in [0.2, 0.25) is 0 Å². The van der Waals surface area contributed by atoms with Gasteiger partial charge >= 0.3 is 0 Å². The number of hydrogen-bond donors (Lipinski definition) is 1. The van der Waals surface area contributed by atoms with Crippen LogP contribution in [0.1, 0.15) is 17.4 Å². The lowest BCUT2D eigenvalue weighted by molar-refractivity contribution is 0.536. The predicted molar refractivity (Wildman–Crippen MR) is 159 cm³/mol. The van der Waals surface area contributed by atoms with Crippen molar-refractivity contribution in [3.63, 3.8) is 0 Å². The van der Waals surface area contributed by atoms with E-state index in [2.05, 4.69) is 25.5 Å². The molecule has 0 saturated heterocycles. The second kappa shape index (κ2) is 11.4. The van der Waals surface area contributed by atoms with Gasteiger partial charge in [-0.2, -0.15) is 4.68 Å². The summed E-state index contributed by atoms with van der Waals surface area (Å²) in [4.78, 5) is 21.8. The molecule has 0 radical (unpaired) electrons. The van der Waals surface area contributed by atoms with E-state index in [-0.39, 0.29) is 16.3 Å². The second-order valence-corrected chi connectivity index (χ2v) is 12.4. The van der Waals surface area contributed by atoms with Crippen LogP contribution in [0, 0.1) is 5.82 Å². The minimum Gasteiger partial charge on any atom is -0.340 e. The third kappa shape index (κ3) is 6.01. The van der Waals surface area contributed by atoms with Crippen molar-refractivity contribution in [2.45, 2.75) is 17.4 Å². The average Bonchev–Trinajstić information content (AvgIpc) is 3.70. The van der Waals surface area contributed by atoms with Gasteiger partial charge in [0.15, 0.2) is 9.84 Å². The minimum absolute atomic E-state index is 0.208. The number of benzene rings is 3. The Morgan fingerprint density at radius 2 is 1.74 bits per heavy atom. The number of nitrogens with zero attached hydrogens (tertiary/aromatic N) is 6. The van der Waals surface area contributed by atoms with Gasteiger partial charge in [0.05, 0.1) is 28.5 Å². The van der Waals surface area contributed by atoms with Crippen LogP contribution in [-0.4, -0.2) is 49.4 Å². The highest BCUT2D eigenvalue weighted by Crippen LogP contribution is 2.30. The molecule has 3 heterocycles. The highest BCUT2D eigenvalue weighted by atomic mass is 35.5. The average molecular weight is 616 g/mol. The fraction of sp³-hybridized carbons (Fsp3) is 0.100. The van der Waals surface area contributed by atoms with Crippen LogP contribution in [-0.2, 0) is 16.3 Å². The molecule has 3 aromatic heterocycles. The van der Waals surface area contributed by atoms with Crippen molar-refractivity contribution in [3.8, 4) is 28.1 Å². The first-order chi connectivity index (χ1) is 20.7. The summed E-state index contributed by atoms with van der Waals surface area (Å²) in [6.07, 6.45) is 6.26. The molecule has 0 amide bonds. The standard InChI is InChI=1S/C30H23ClFN7O3S/c1-43(41,42)24-9-4-20(5-10-24)26-17-33-30(35-26)28(14-19-2-7-23(32)8-3-19)38-13-12-21(15-29(38)40)25-16-22(31)6-11-27(25)39-18-34-36-37-39/h2-13,15-18,28H,14H2,1H3,(H,33,35)/t28-/m1/s1. The molecule has 43 heavy (non-hydrogen) atoms. The predicted octanol–water partition coefficient (Wildman–Crippen LogP) is 4.91. The van der Waals surface area contributed by atoms with Crippen molar-refractivity contribution in [2.75, 3.05) is 6.26 Å². The zero-order valence-corrected chi connectivity index (χ0v) is 24.2. The van der Waals surface area contributed by atoms with Crippen LogP contribution in [0.4, 0.5) is 4.39 Å². The molecular weight excluding hydrogens is 593 g/mol. The first-order valence-corrected chi connectivity index (χ1v) is 15.3. The number of rotatable bonds is 8. The number of pyridine rings is 1. The molecule has 1 atom stereocenters. The first-order valence-electron chi connectivity index (χ1n) is 13.0. The molecule has 3 aromatic carbocycles. The molecule has 13 heteroatoms. The maximum atomic E-state index is 13.7. The van der Waals surface area contributed by atoms with E-state index in [0.717, 1.165) is 17.4 Å². The van der Waals surface area contributed by atoms with Gasteiger partial charge in [0.1, 0.15) is 18.0 Å². The third-order valence-electron chi connectivity index (χ3n) is 7.00. The molecule has 216 valence electrons. The Labute approximate surface area is 250 Å². The van der Waals surface area contributed by atoms with Gasteiger partial charge in [0.25, 0.3) is 5.56 Å². The van der Waals surface area contributed by atoms with Crippen molar-refractivity contribution in [1.82, 2.24) is 34.7 Å². The molecule has 0 aliphatic rings. The molecule has 0 spiro atoms. The van der Waals surface area contributed by atoms with Crippen molar-refractivity contribution in [3.05, 3.63) is 130 Å². The van der Waals surface area contributed by atoms with E-state index in [4.69, 9.17) is 11.6 Å². The summed E-state index contributed by atoms with van der Waals surface area (Å²) >= 11 is 6.30. The molecule has 0 fully saturated rings. The molecule has 0 unspecified atom stereocenters. The first kappa shape index (κ1) is 28.2. The van der Waals surface area contributed by atoms with Gasteiger partial charge in [0, 0.05) is 35.5 Å². The maximum Gasteiger partial charge on any atom is 0.251 e. The van der Waals surface area contributed by atoms with Crippen LogP contribution in [0.2, 0.25) is 5.02 Å². The van der Waals surface area contributed by atoms with Crippen molar-refractivity contribution >= 4 is 21.4 Å². The molecule has 10 nitrogen and oxygen atoms in total. The normalized spacial score (nSPS) is 12.3. The Bertz CT molecular complexity index is 2080. The van der Waals surface area contributed by atoms with Gasteiger partial charge < -0.3 is 9.55 Å². The number of halogens is 2. The molecule has 6 aromatic rings. The topological polar surface area (TPSA) is 128 Å². The van der Waals surface area contributed by atoms with Gasteiger partial charge in [-0.15, -0.1) is 5.10 Å². The lowest BCUT2D eigenvalue weighted by Crippen LogP contribution is -2.27. The Hall–Kier alpha value is -4.94. The third-order valence-corrected chi connectivity index (χ3v) is 8.36. The zero-order chi connectivity index (χ0) is 30.1. The van der Waals surface area contributed by atoms with E-state index in [1.807, 2.05) is 0 Å². The number of nitrogens with one attached hydrogen (secondary N) is 1. The summed E-state index contributed by atoms with van der Waals surface area (Å²) in [5, 5.41) is 11.9. The monoisotopic (exact) mass is 615 g/mol. The molecule has 0 aliphatic carbocycles. The van der Waals surface area contributed by atoms with Gasteiger partial charge in [-0.3, -0.25) is 4.79 Å². The van der Waals surface area contributed by atoms with E-state index < -0.39 is 15.9 Å². The summed E-state index contributed by atoms with van der Waals surface area (Å²) < 4.78 is 40.5. The van der Waals surface area contributed by atoms with Crippen LogP contribution < -0.4 is 5.56 Å². The summed E-state index contributed by atoms with van der Waals surface area (Å²) in [5.74, 6) is 0.137. The second-order valence-electron chi connectivity index (χ2n) is 9.90. The van der Waals surface area contributed by atoms with Crippen LogP contribution in [0.3, 0.4) is 0 Å². The molecule has 0 saturated carbocycles. The maximum absolute atomic E-state index is 13.7. The summed E-state index contributed by atoms with van der Waals surface area (Å²) in [6.45, 7) is 0. The SMILES string of the molecule is CS(=O)(=O)c1ccc(-c2cnc([C@@H](Cc3ccc(F)cc3)n3ccc(-c4cc(Cl)ccc4-n4cnnn4)cc3=O)[nH]2)cc1. The number of tetrazole rings is 1. The fourth-order valence-corrected chi connectivity index (χ4v) is 5.63. The minimum atomic E-state index is -3.34. The lowest BCUT2D eigenvalue weighted by atomic mass is 10.0. The highest BCUT2D eigenvalue weighted by molar-refractivity contribution is 7.90. The molecule has 0 bridgehead atoms. The number of H-pyrrole nitrogens is 1. The van der Waals surface area contributed by atoms with Gasteiger partial charge in [-0.05, 0) is 75.6 Å².